The SMILES string of the molecule is CC(=O)N1c2c(C(N)=O)cccc2C(Nc2ncc(Cl)cn2)CC1C. The molecule has 1 aliphatic heterocycles. The number of benzene rings is 1. The summed E-state index contributed by atoms with van der Waals surface area (Å²) in [5.41, 5.74) is 7.20. The smallest absolute Gasteiger partial charge is 0.250 e. The summed E-state index contributed by atoms with van der Waals surface area (Å²) in [6, 6.07) is 4.98. The molecular weight excluding hydrogens is 342 g/mol. The van der Waals surface area contributed by atoms with E-state index in [1.54, 1.807) is 17.0 Å². The number of carbonyl (C=O) groups is 2. The van der Waals surface area contributed by atoms with Gasteiger partial charge in [-0.25, -0.2) is 9.97 Å². The zero-order valence-electron chi connectivity index (χ0n) is 13.9. The van der Waals surface area contributed by atoms with Gasteiger partial charge >= 0.3 is 0 Å². The first-order valence-electron chi connectivity index (χ1n) is 7.85. The average molecular weight is 360 g/mol. The number of fused-ring (bicyclic) bond motifs is 1. The number of aromatic nitrogens is 2. The predicted molar refractivity (Wildman–Crippen MR) is 95.6 cm³/mol. The van der Waals surface area contributed by atoms with Gasteiger partial charge in [-0.1, -0.05) is 23.7 Å². The van der Waals surface area contributed by atoms with E-state index < -0.39 is 5.91 Å². The molecule has 0 spiro atoms. The highest BCUT2D eigenvalue weighted by atomic mass is 35.5. The van der Waals surface area contributed by atoms with E-state index in [9.17, 15) is 9.59 Å². The summed E-state index contributed by atoms with van der Waals surface area (Å²) >= 11 is 5.82. The van der Waals surface area contributed by atoms with Crippen LogP contribution in [0, 0.1) is 0 Å². The minimum atomic E-state index is -0.571. The zero-order chi connectivity index (χ0) is 18.1. The van der Waals surface area contributed by atoms with Crippen LogP contribution in [0.25, 0.3) is 0 Å². The molecule has 3 rings (SSSR count). The lowest BCUT2D eigenvalue weighted by Crippen LogP contribution is -2.44. The van der Waals surface area contributed by atoms with Crippen LogP contribution >= 0.6 is 11.6 Å². The fourth-order valence-electron chi connectivity index (χ4n) is 3.25. The van der Waals surface area contributed by atoms with Crippen LogP contribution in [-0.2, 0) is 4.79 Å². The second kappa shape index (κ2) is 6.68. The molecule has 0 bridgehead atoms. The Labute approximate surface area is 150 Å². The number of primary amides is 1. The van der Waals surface area contributed by atoms with E-state index in [1.165, 1.54) is 19.3 Å². The van der Waals surface area contributed by atoms with Crippen molar-refractivity contribution in [3.63, 3.8) is 0 Å². The van der Waals surface area contributed by atoms with Gasteiger partial charge in [0.15, 0.2) is 0 Å². The lowest BCUT2D eigenvalue weighted by Gasteiger charge is -2.40. The van der Waals surface area contributed by atoms with Crippen LogP contribution in [0.1, 0.15) is 42.2 Å². The van der Waals surface area contributed by atoms with Crippen LogP contribution in [0.4, 0.5) is 11.6 Å². The van der Waals surface area contributed by atoms with E-state index in [1.807, 2.05) is 13.0 Å². The standard InChI is InChI=1S/C17H18ClN5O2/c1-9-6-14(22-17-20-7-11(18)8-21-17)12-4-3-5-13(16(19)25)15(12)23(9)10(2)24/h3-5,7-9,14H,6H2,1-2H3,(H2,19,25)(H,20,21,22). The highest BCUT2D eigenvalue weighted by molar-refractivity contribution is 6.30. The van der Waals surface area contributed by atoms with E-state index in [4.69, 9.17) is 17.3 Å². The monoisotopic (exact) mass is 359 g/mol. The van der Waals surface area contributed by atoms with Crippen LogP contribution < -0.4 is 16.0 Å². The molecule has 3 N–H and O–H groups in total. The first kappa shape index (κ1) is 17.2. The van der Waals surface area contributed by atoms with Gasteiger partial charge in [-0.15, -0.1) is 0 Å². The molecule has 25 heavy (non-hydrogen) atoms. The highest BCUT2D eigenvalue weighted by Crippen LogP contribution is 2.40. The van der Waals surface area contributed by atoms with Crippen LogP contribution in [-0.4, -0.2) is 27.8 Å². The summed E-state index contributed by atoms with van der Waals surface area (Å²) < 4.78 is 0. The van der Waals surface area contributed by atoms with Crippen molar-refractivity contribution in [2.24, 2.45) is 5.73 Å². The predicted octanol–water partition coefficient (Wildman–Crippen LogP) is 2.53. The van der Waals surface area contributed by atoms with Gasteiger partial charge in [0.1, 0.15) is 0 Å². The molecule has 1 aromatic heterocycles. The largest absolute Gasteiger partial charge is 0.366 e. The van der Waals surface area contributed by atoms with Gasteiger partial charge in [-0.3, -0.25) is 9.59 Å². The minimum Gasteiger partial charge on any atom is -0.366 e. The molecule has 130 valence electrons. The third kappa shape index (κ3) is 3.28. The van der Waals surface area contributed by atoms with Crippen molar-refractivity contribution < 1.29 is 9.59 Å². The lowest BCUT2D eigenvalue weighted by atomic mass is 9.89. The number of carbonyl (C=O) groups excluding carboxylic acids is 2. The molecule has 1 aromatic carbocycles. The Morgan fingerprint density at radius 3 is 2.60 bits per heavy atom. The molecule has 7 nitrogen and oxygen atoms in total. The van der Waals surface area contributed by atoms with Gasteiger partial charge in [0.25, 0.3) is 5.91 Å². The van der Waals surface area contributed by atoms with Gasteiger partial charge in [0.2, 0.25) is 11.9 Å². The number of hydrogen-bond acceptors (Lipinski definition) is 5. The van der Waals surface area contributed by atoms with Gasteiger partial charge in [0, 0.05) is 13.0 Å². The Bertz CT molecular complexity index is 824. The average Bonchev–Trinajstić information content (AvgIpc) is 2.56. The number of anilines is 2. The Kier molecular flexibility index (Phi) is 4.59. The van der Waals surface area contributed by atoms with E-state index in [-0.39, 0.29) is 18.0 Å². The number of rotatable bonds is 3. The van der Waals surface area contributed by atoms with Gasteiger partial charge in [-0.2, -0.15) is 0 Å². The molecule has 1 aliphatic rings. The third-order valence-corrected chi connectivity index (χ3v) is 4.42. The molecule has 0 saturated carbocycles. The van der Waals surface area contributed by atoms with Crippen molar-refractivity contribution in [2.75, 3.05) is 10.2 Å². The summed E-state index contributed by atoms with van der Waals surface area (Å²) in [6.07, 6.45) is 3.65. The number of halogens is 1. The maximum Gasteiger partial charge on any atom is 0.250 e. The van der Waals surface area contributed by atoms with Gasteiger partial charge in [0.05, 0.1) is 34.7 Å². The molecule has 0 saturated heterocycles. The molecule has 2 amide bonds. The van der Waals surface area contributed by atoms with Crippen LogP contribution in [0.2, 0.25) is 5.02 Å². The molecule has 0 radical (unpaired) electrons. The number of nitrogens with one attached hydrogen (secondary N) is 1. The third-order valence-electron chi connectivity index (χ3n) is 4.23. The van der Waals surface area contributed by atoms with Crippen LogP contribution in [0.3, 0.4) is 0 Å². The maximum atomic E-state index is 12.2. The molecular formula is C17H18ClN5O2. The minimum absolute atomic E-state index is 0.115. The fraction of sp³-hybridized carbons (Fsp3) is 0.294. The quantitative estimate of drug-likeness (QED) is 0.876. The second-order valence-corrected chi connectivity index (χ2v) is 6.44. The number of nitrogens with zero attached hydrogens (tertiary/aromatic N) is 3. The highest BCUT2D eigenvalue weighted by Gasteiger charge is 2.35. The number of amides is 2. The maximum absolute atomic E-state index is 12.2. The number of para-hydroxylation sites is 1. The van der Waals surface area contributed by atoms with Crippen molar-refractivity contribution in [1.29, 1.82) is 0 Å². The van der Waals surface area contributed by atoms with E-state index >= 15 is 0 Å². The molecule has 2 heterocycles. The second-order valence-electron chi connectivity index (χ2n) is 6.00. The number of nitrogens with two attached hydrogens (primary N) is 1. The summed E-state index contributed by atoms with van der Waals surface area (Å²) in [6.45, 7) is 3.41. The molecule has 2 aromatic rings. The zero-order valence-corrected chi connectivity index (χ0v) is 14.6. The van der Waals surface area contributed by atoms with E-state index in [0.29, 0.717) is 28.6 Å². The summed E-state index contributed by atoms with van der Waals surface area (Å²) in [7, 11) is 0. The summed E-state index contributed by atoms with van der Waals surface area (Å²) in [5.74, 6) is -0.282. The first-order chi connectivity index (χ1) is 11.9. The van der Waals surface area contributed by atoms with Gasteiger partial charge in [-0.05, 0) is 25.0 Å². The molecule has 0 aliphatic carbocycles. The number of hydrogen-bond donors (Lipinski definition) is 2. The van der Waals surface area contributed by atoms with Crippen molar-refractivity contribution >= 4 is 35.1 Å². The lowest BCUT2D eigenvalue weighted by molar-refractivity contribution is -0.117. The van der Waals surface area contributed by atoms with Crippen molar-refractivity contribution in [3.05, 3.63) is 46.7 Å². The Morgan fingerprint density at radius 1 is 1.32 bits per heavy atom. The fourth-order valence-corrected chi connectivity index (χ4v) is 3.35. The molecule has 0 fully saturated rings. The molecule has 2 unspecified atom stereocenters. The summed E-state index contributed by atoms with van der Waals surface area (Å²) in [5, 5.41) is 3.70. The normalized spacial score (nSPS) is 19.2. The van der Waals surface area contributed by atoms with Crippen molar-refractivity contribution in [2.45, 2.75) is 32.4 Å². The Hall–Kier alpha value is -2.67. The van der Waals surface area contributed by atoms with Crippen molar-refractivity contribution in [1.82, 2.24) is 9.97 Å². The Morgan fingerprint density at radius 2 is 2.00 bits per heavy atom. The Balaban J connectivity index is 2.07. The van der Waals surface area contributed by atoms with Crippen molar-refractivity contribution in [3.8, 4) is 0 Å². The molecule has 2 atom stereocenters. The van der Waals surface area contributed by atoms with E-state index in [0.717, 1.165) is 5.56 Å². The summed E-state index contributed by atoms with van der Waals surface area (Å²) in [4.78, 5) is 34.0. The van der Waals surface area contributed by atoms with E-state index in [2.05, 4.69) is 15.3 Å². The topological polar surface area (TPSA) is 101 Å². The van der Waals surface area contributed by atoms with Crippen LogP contribution in [0.5, 0.6) is 0 Å². The van der Waals surface area contributed by atoms with Gasteiger partial charge < -0.3 is 16.0 Å². The molecule has 8 heteroatoms. The van der Waals surface area contributed by atoms with Crippen LogP contribution in [0.15, 0.2) is 30.6 Å². The first-order valence-corrected chi connectivity index (χ1v) is 8.23.